The Kier molecular flexibility index (Phi) is 8.53. The predicted octanol–water partition coefficient (Wildman–Crippen LogP) is 14.0. The fourth-order valence-electron chi connectivity index (χ4n) is 8.19. The van der Waals surface area contributed by atoms with Gasteiger partial charge in [-0.25, -0.2) is 29.9 Å². The van der Waals surface area contributed by atoms with Gasteiger partial charge in [-0.2, -0.15) is 0 Å². The largest absolute Gasteiger partial charge is 0.455 e. The number of aromatic nitrogens is 6. The van der Waals surface area contributed by atoms with Crippen molar-refractivity contribution in [3.8, 4) is 79.5 Å². The van der Waals surface area contributed by atoms with E-state index in [1.165, 1.54) is 15.5 Å². The number of hydrogen-bond acceptors (Lipinski definition) is 8. The van der Waals surface area contributed by atoms with E-state index >= 15 is 0 Å². The molecule has 0 saturated heterocycles. The molecule has 290 valence electrons. The van der Waals surface area contributed by atoms with Crippen molar-refractivity contribution in [3.63, 3.8) is 0 Å². The highest BCUT2D eigenvalue weighted by molar-refractivity contribution is 7.25. The zero-order valence-electron chi connectivity index (χ0n) is 33.0. The van der Waals surface area contributed by atoms with Crippen molar-refractivity contribution in [2.45, 2.75) is 0 Å². The topological polar surface area (TPSA) is 90.5 Å². The van der Waals surface area contributed by atoms with Crippen molar-refractivity contribution in [2.75, 3.05) is 0 Å². The Morgan fingerprint density at radius 3 is 1.39 bits per heavy atom. The number of nitrogens with zero attached hydrogens (tertiary/aromatic N) is 6. The molecule has 0 bridgehead atoms. The van der Waals surface area contributed by atoms with Crippen LogP contribution in [0.5, 0.6) is 0 Å². The first kappa shape index (κ1) is 35.7. The fraction of sp³-hybridized carbons (Fsp3) is 0. The molecule has 0 radical (unpaired) electrons. The minimum atomic E-state index is 0.537. The highest BCUT2D eigenvalue weighted by Gasteiger charge is 2.21. The van der Waals surface area contributed by atoms with Crippen molar-refractivity contribution >= 4 is 53.4 Å². The Labute approximate surface area is 359 Å². The fourth-order valence-corrected chi connectivity index (χ4v) is 9.32. The molecule has 4 aromatic heterocycles. The molecular formula is C54H32N6OS. The van der Waals surface area contributed by atoms with Crippen molar-refractivity contribution in [1.29, 1.82) is 0 Å². The van der Waals surface area contributed by atoms with Gasteiger partial charge in [0.25, 0.3) is 0 Å². The number of benzene rings is 8. The number of thiophene rings is 1. The summed E-state index contributed by atoms with van der Waals surface area (Å²) in [5.41, 5.74) is 8.88. The summed E-state index contributed by atoms with van der Waals surface area (Å²) >= 11 is 1.77. The number of rotatable bonds is 7. The van der Waals surface area contributed by atoms with Gasteiger partial charge in [0.2, 0.25) is 0 Å². The molecule has 4 heterocycles. The van der Waals surface area contributed by atoms with Crippen LogP contribution in [0.3, 0.4) is 0 Å². The van der Waals surface area contributed by atoms with E-state index in [2.05, 4.69) is 72.8 Å². The van der Waals surface area contributed by atoms with Crippen molar-refractivity contribution < 1.29 is 4.42 Å². The maximum atomic E-state index is 6.51. The lowest BCUT2D eigenvalue weighted by molar-refractivity contribution is 0.669. The molecule has 12 rings (SSSR count). The second kappa shape index (κ2) is 14.8. The van der Waals surface area contributed by atoms with Crippen LogP contribution in [0.4, 0.5) is 0 Å². The molecule has 12 aromatic rings. The molecule has 0 amide bonds. The molecular weight excluding hydrogens is 781 g/mol. The van der Waals surface area contributed by atoms with Crippen LogP contribution in [0.2, 0.25) is 0 Å². The second-order valence-corrected chi connectivity index (χ2v) is 16.1. The van der Waals surface area contributed by atoms with E-state index < -0.39 is 0 Å². The Morgan fingerprint density at radius 2 is 0.758 bits per heavy atom. The Morgan fingerprint density at radius 1 is 0.290 bits per heavy atom. The van der Waals surface area contributed by atoms with Crippen molar-refractivity contribution in [2.24, 2.45) is 0 Å². The molecule has 8 aromatic carbocycles. The molecule has 7 nitrogen and oxygen atoms in total. The summed E-state index contributed by atoms with van der Waals surface area (Å²) in [6.45, 7) is 0. The van der Waals surface area contributed by atoms with Gasteiger partial charge in [0.1, 0.15) is 11.2 Å². The van der Waals surface area contributed by atoms with Gasteiger partial charge in [-0.1, -0.05) is 164 Å². The molecule has 0 atom stereocenters. The predicted molar refractivity (Wildman–Crippen MR) is 251 cm³/mol. The molecule has 0 aliphatic heterocycles. The number of para-hydroxylation sites is 2. The third-order valence-electron chi connectivity index (χ3n) is 11.2. The third-order valence-corrected chi connectivity index (χ3v) is 12.4. The van der Waals surface area contributed by atoms with Gasteiger partial charge in [-0.05, 0) is 41.5 Å². The van der Waals surface area contributed by atoms with Gasteiger partial charge in [-0.15, -0.1) is 11.3 Å². The Hall–Kier alpha value is -8.20. The van der Waals surface area contributed by atoms with E-state index in [1.807, 2.05) is 121 Å². The molecule has 0 fully saturated rings. The maximum absolute atomic E-state index is 6.51. The number of fused-ring (bicyclic) bond motifs is 6. The standard InChI is InChI=1S/C54H32N6OS/c1-4-15-34(16-5-1)49-55-50(35-17-6-2-7-18-35)57-52(56-49)37-29-27-33(28-30-37)42-31-43-39-22-11-13-26-46(39)62-47(43)32-44(42)54-59-51(36-19-8-3-9-20-36)58-53(60-54)41-24-14-23-40-38-21-10-12-25-45(38)61-48(40)41/h1-32H. The van der Waals surface area contributed by atoms with E-state index in [1.54, 1.807) is 11.3 Å². The van der Waals surface area contributed by atoms with Gasteiger partial charge < -0.3 is 4.42 Å². The quantitative estimate of drug-likeness (QED) is 0.158. The molecule has 0 saturated carbocycles. The normalized spacial score (nSPS) is 11.5. The molecule has 0 aliphatic rings. The first-order chi connectivity index (χ1) is 30.7. The van der Waals surface area contributed by atoms with Crippen LogP contribution in [-0.2, 0) is 0 Å². The zero-order chi connectivity index (χ0) is 41.0. The Bertz CT molecular complexity index is 3570. The van der Waals surface area contributed by atoms with Crippen LogP contribution in [0.25, 0.3) is 122 Å². The van der Waals surface area contributed by atoms with E-state index in [0.717, 1.165) is 71.1 Å². The van der Waals surface area contributed by atoms with Gasteiger partial charge in [0.15, 0.2) is 34.9 Å². The summed E-state index contributed by atoms with van der Waals surface area (Å²) in [6.07, 6.45) is 0. The maximum Gasteiger partial charge on any atom is 0.167 e. The van der Waals surface area contributed by atoms with Crippen LogP contribution in [0.15, 0.2) is 199 Å². The minimum Gasteiger partial charge on any atom is -0.455 e. The van der Waals surface area contributed by atoms with Crippen molar-refractivity contribution in [1.82, 2.24) is 29.9 Å². The average molecular weight is 813 g/mol. The van der Waals surface area contributed by atoms with Crippen LogP contribution < -0.4 is 0 Å². The van der Waals surface area contributed by atoms with Gasteiger partial charge in [-0.3, -0.25) is 0 Å². The summed E-state index contributed by atoms with van der Waals surface area (Å²) in [4.78, 5) is 30.5. The molecule has 0 spiro atoms. The first-order valence-corrected chi connectivity index (χ1v) is 21.2. The lowest BCUT2D eigenvalue weighted by Gasteiger charge is -2.14. The van der Waals surface area contributed by atoms with E-state index in [0.29, 0.717) is 34.9 Å². The highest BCUT2D eigenvalue weighted by Crippen LogP contribution is 2.43. The lowest BCUT2D eigenvalue weighted by atomic mass is 9.95. The van der Waals surface area contributed by atoms with Gasteiger partial charge in [0.05, 0.1) is 5.56 Å². The monoisotopic (exact) mass is 812 g/mol. The molecule has 0 N–H and O–H groups in total. The summed E-state index contributed by atoms with van der Waals surface area (Å²) in [7, 11) is 0. The van der Waals surface area contributed by atoms with Crippen LogP contribution in [-0.4, -0.2) is 29.9 Å². The third kappa shape index (κ3) is 6.29. The number of furan rings is 1. The van der Waals surface area contributed by atoms with Crippen LogP contribution in [0.1, 0.15) is 0 Å². The van der Waals surface area contributed by atoms with Crippen molar-refractivity contribution in [3.05, 3.63) is 194 Å². The summed E-state index contributed by atoms with van der Waals surface area (Å²) < 4.78 is 8.88. The molecule has 8 heteroatoms. The van der Waals surface area contributed by atoms with Gasteiger partial charge >= 0.3 is 0 Å². The van der Waals surface area contributed by atoms with Crippen LogP contribution in [0, 0.1) is 0 Å². The average Bonchev–Trinajstić information content (AvgIpc) is 3.92. The van der Waals surface area contributed by atoms with Crippen LogP contribution >= 0.6 is 11.3 Å². The lowest BCUT2D eigenvalue weighted by Crippen LogP contribution is -2.01. The summed E-state index contributed by atoms with van der Waals surface area (Å²) in [5.74, 6) is 3.52. The first-order valence-electron chi connectivity index (χ1n) is 20.4. The van der Waals surface area contributed by atoms with E-state index in [-0.39, 0.29) is 0 Å². The highest BCUT2D eigenvalue weighted by atomic mass is 32.1. The Balaban J connectivity index is 1.05. The SMILES string of the molecule is c1ccc(-c2nc(-c3ccccc3)nc(-c3ccc(-c4cc5c(cc4-c4nc(-c6ccccc6)nc(-c6cccc7c6oc6ccccc67)n4)sc4ccccc45)cc3)n2)cc1. The smallest absolute Gasteiger partial charge is 0.167 e. The molecule has 0 unspecified atom stereocenters. The van der Waals surface area contributed by atoms with Gasteiger partial charge in [0, 0.05) is 58.8 Å². The van der Waals surface area contributed by atoms with E-state index in [9.17, 15) is 0 Å². The number of hydrogen-bond donors (Lipinski definition) is 0. The molecule has 0 aliphatic carbocycles. The summed E-state index contributed by atoms with van der Waals surface area (Å²) in [5, 5.41) is 4.45. The summed E-state index contributed by atoms with van der Waals surface area (Å²) in [6, 6.07) is 66.0. The second-order valence-electron chi connectivity index (χ2n) is 15.1. The zero-order valence-corrected chi connectivity index (χ0v) is 33.8. The molecule has 62 heavy (non-hydrogen) atoms. The van der Waals surface area contributed by atoms with E-state index in [4.69, 9.17) is 34.3 Å². The minimum absolute atomic E-state index is 0.537.